The minimum atomic E-state index is 0. The number of fused-ring (bicyclic) bond motifs is 1. The maximum atomic E-state index is 3.40. The van der Waals surface area contributed by atoms with E-state index in [4.69, 9.17) is 0 Å². The highest BCUT2D eigenvalue weighted by atomic mass is 14.9. The van der Waals surface area contributed by atoms with Gasteiger partial charge < -0.3 is 5.32 Å². The lowest BCUT2D eigenvalue weighted by Crippen LogP contribution is -1.93. The van der Waals surface area contributed by atoms with Gasteiger partial charge >= 0.3 is 0 Å². The van der Waals surface area contributed by atoms with E-state index in [-0.39, 0.29) is 1.43 Å². The highest BCUT2D eigenvalue weighted by Gasteiger charge is 2.14. The summed E-state index contributed by atoms with van der Waals surface area (Å²) in [5, 5.41) is 3.40. The summed E-state index contributed by atoms with van der Waals surface area (Å²) in [4.78, 5) is 0. The molecule has 1 nitrogen and oxygen atoms in total. The Morgan fingerprint density at radius 2 is 2.25 bits per heavy atom. The van der Waals surface area contributed by atoms with E-state index in [1.54, 1.807) is 0 Å². The quantitative estimate of drug-likeness (QED) is 0.671. The Morgan fingerprint density at radius 1 is 1.42 bits per heavy atom. The molecule has 0 saturated heterocycles. The van der Waals surface area contributed by atoms with Gasteiger partial charge in [0.1, 0.15) is 0 Å². The molecule has 0 amide bonds. The van der Waals surface area contributed by atoms with Crippen molar-refractivity contribution in [2.45, 2.75) is 26.2 Å². The lowest BCUT2D eigenvalue weighted by molar-refractivity contribution is 0.849. The van der Waals surface area contributed by atoms with Gasteiger partial charge in [-0.05, 0) is 29.5 Å². The highest BCUT2D eigenvalue weighted by molar-refractivity contribution is 5.59. The SMILES string of the molecule is CC(C)c1cccc2c1CCN2.[HH]. The third-order valence-corrected chi connectivity index (χ3v) is 2.52. The molecule has 0 radical (unpaired) electrons. The molecule has 0 spiro atoms. The first-order valence-electron chi connectivity index (χ1n) is 4.64. The maximum Gasteiger partial charge on any atom is 0.0376 e. The monoisotopic (exact) mass is 163 g/mol. The molecule has 1 aromatic rings. The molecule has 1 N–H and O–H groups in total. The summed E-state index contributed by atoms with van der Waals surface area (Å²) >= 11 is 0. The lowest BCUT2D eigenvalue weighted by atomic mass is 9.96. The number of hydrogen-bond acceptors (Lipinski definition) is 1. The number of rotatable bonds is 1. The van der Waals surface area contributed by atoms with Gasteiger partial charge in [0.25, 0.3) is 0 Å². The molecule has 0 unspecified atom stereocenters. The van der Waals surface area contributed by atoms with Crippen LogP contribution in [0.2, 0.25) is 0 Å². The molecule has 0 saturated carbocycles. The molecule has 1 aromatic carbocycles. The van der Waals surface area contributed by atoms with E-state index in [1.807, 2.05) is 0 Å². The molecule has 2 rings (SSSR count). The summed E-state index contributed by atoms with van der Waals surface area (Å²) in [6.07, 6.45) is 1.20. The van der Waals surface area contributed by atoms with Crippen LogP contribution in [0.4, 0.5) is 5.69 Å². The topological polar surface area (TPSA) is 12.0 Å². The summed E-state index contributed by atoms with van der Waals surface area (Å²) in [7, 11) is 0. The lowest BCUT2D eigenvalue weighted by Gasteiger charge is -2.10. The molecule has 0 atom stereocenters. The van der Waals surface area contributed by atoms with Crippen molar-refractivity contribution < 1.29 is 1.43 Å². The van der Waals surface area contributed by atoms with Crippen molar-refractivity contribution in [1.29, 1.82) is 0 Å². The molecule has 66 valence electrons. The maximum absolute atomic E-state index is 3.40. The van der Waals surface area contributed by atoms with E-state index in [2.05, 4.69) is 37.4 Å². The fraction of sp³-hybridized carbons (Fsp3) is 0.455. The van der Waals surface area contributed by atoms with E-state index >= 15 is 0 Å². The van der Waals surface area contributed by atoms with Gasteiger partial charge in [-0.3, -0.25) is 0 Å². The summed E-state index contributed by atoms with van der Waals surface area (Å²) in [6, 6.07) is 6.57. The molecule has 0 bridgehead atoms. The highest BCUT2D eigenvalue weighted by Crippen LogP contribution is 2.29. The van der Waals surface area contributed by atoms with Gasteiger partial charge in [-0.2, -0.15) is 0 Å². The third kappa shape index (κ3) is 1.09. The van der Waals surface area contributed by atoms with Crippen LogP contribution in [0, 0.1) is 0 Å². The van der Waals surface area contributed by atoms with Crippen molar-refractivity contribution in [3.63, 3.8) is 0 Å². The molecule has 0 aromatic heterocycles. The molecule has 1 aliphatic rings. The van der Waals surface area contributed by atoms with Gasteiger partial charge in [-0.15, -0.1) is 0 Å². The first-order chi connectivity index (χ1) is 5.79. The second kappa shape index (κ2) is 2.81. The minimum absolute atomic E-state index is 0. The number of nitrogens with one attached hydrogen (secondary N) is 1. The summed E-state index contributed by atoms with van der Waals surface area (Å²) in [6.45, 7) is 5.63. The Hall–Kier alpha value is -0.980. The Balaban J connectivity index is 0.000000845. The zero-order valence-corrected chi connectivity index (χ0v) is 7.72. The van der Waals surface area contributed by atoms with Crippen LogP contribution in [-0.4, -0.2) is 6.54 Å². The Morgan fingerprint density at radius 3 is 3.00 bits per heavy atom. The Labute approximate surface area is 75.3 Å². The van der Waals surface area contributed by atoms with Crippen molar-refractivity contribution in [2.75, 3.05) is 11.9 Å². The van der Waals surface area contributed by atoms with Crippen molar-refractivity contribution in [2.24, 2.45) is 0 Å². The predicted octanol–water partition coefficient (Wildman–Crippen LogP) is 3.02. The largest absolute Gasteiger partial charge is 0.384 e. The van der Waals surface area contributed by atoms with Crippen LogP contribution >= 0.6 is 0 Å². The van der Waals surface area contributed by atoms with E-state index in [1.165, 1.54) is 23.2 Å². The molecular weight excluding hydrogens is 146 g/mol. The zero-order chi connectivity index (χ0) is 8.55. The normalized spacial score (nSPS) is 14.6. The first-order valence-corrected chi connectivity index (χ1v) is 4.64. The van der Waals surface area contributed by atoms with Gasteiger partial charge in [-0.1, -0.05) is 26.0 Å². The van der Waals surface area contributed by atoms with Crippen molar-refractivity contribution in [3.05, 3.63) is 29.3 Å². The van der Waals surface area contributed by atoms with Crippen LogP contribution in [0.15, 0.2) is 18.2 Å². The van der Waals surface area contributed by atoms with Crippen LogP contribution in [-0.2, 0) is 6.42 Å². The first kappa shape index (κ1) is 7.66. The second-order valence-electron chi connectivity index (χ2n) is 3.70. The van der Waals surface area contributed by atoms with E-state index < -0.39 is 0 Å². The molecule has 0 fully saturated rings. The second-order valence-corrected chi connectivity index (χ2v) is 3.70. The summed E-state index contributed by atoms with van der Waals surface area (Å²) in [5.41, 5.74) is 4.39. The predicted molar refractivity (Wildman–Crippen MR) is 54.8 cm³/mol. The van der Waals surface area contributed by atoms with Gasteiger partial charge in [0.2, 0.25) is 0 Å². The van der Waals surface area contributed by atoms with Crippen LogP contribution < -0.4 is 5.32 Å². The van der Waals surface area contributed by atoms with Crippen LogP contribution in [0.5, 0.6) is 0 Å². The van der Waals surface area contributed by atoms with E-state index in [0.29, 0.717) is 5.92 Å². The zero-order valence-electron chi connectivity index (χ0n) is 7.72. The standard InChI is InChI=1S/C11H15N.H2/c1-8(2)9-4-3-5-11-10(9)6-7-12-11;/h3-5,8,12H,6-7H2,1-2H3;1H. The number of hydrogen-bond donors (Lipinski definition) is 1. The summed E-state index contributed by atoms with van der Waals surface area (Å²) in [5.74, 6) is 0.653. The minimum Gasteiger partial charge on any atom is -0.384 e. The average Bonchev–Trinajstić information content (AvgIpc) is 2.49. The molecule has 12 heavy (non-hydrogen) atoms. The van der Waals surface area contributed by atoms with Gasteiger partial charge in [0.15, 0.2) is 0 Å². The Kier molecular flexibility index (Phi) is 1.80. The fourth-order valence-electron chi connectivity index (χ4n) is 1.91. The number of benzene rings is 1. The molecule has 0 aliphatic carbocycles. The van der Waals surface area contributed by atoms with Crippen LogP contribution in [0.1, 0.15) is 32.3 Å². The van der Waals surface area contributed by atoms with Crippen molar-refractivity contribution in [3.8, 4) is 0 Å². The van der Waals surface area contributed by atoms with Gasteiger partial charge in [0, 0.05) is 13.7 Å². The van der Waals surface area contributed by atoms with Crippen molar-refractivity contribution >= 4 is 5.69 Å². The van der Waals surface area contributed by atoms with Gasteiger partial charge in [-0.25, -0.2) is 0 Å². The summed E-state index contributed by atoms with van der Waals surface area (Å²) < 4.78 is 0. The van der Waals surface area contributed by atoms with Gasteiger partial charge in [0.05, 0.1) is 0 Å². The van der Waals surface area contributed by atoms with Crippen molar-refractivity contribution in [1.82, 2.24) is 0 Å². The average molecular weight is 163 g/mol. The van der Waals surface area contributed by atoms with E-state index in [9.17, 15) is 0 Å². The van der Waals surface area contributed by atoms with E-state index in [0.717, 1.165) is 6.54 Å². The van der Waals surface area contributed by atoms with Crippen LogP contribution in [0.25, 0.3) is 0 Å². The van der Waals surface area contributed by atoms with Crippen LogP contribution in [0.3, 0.4) is 0 Å². The fourth-order valence-corrected chi connectivity index (χ4v) is 1.91. The molecular formula is C11H17N. The Bertz CT molecular complexity index is 294. The molecule has 1 heteroatoms. The molecule has 1 aliphatic heterocycles. The number of anilines is 1. The molecule has 1 heterocycles. The third-order valence-electron chi connectivity index (χ3n) is 2.52. The smallest absolute Gasteiger partial charge is 0.0376 e.